The van der Waals surface area contributed by atoms with Crippen molar-refractivity contribution < 1.29 is 24.9 Å². The lowest BCUT2D eigenvalue weighted by Gasteiger charge is -2.04. The Balaban J connectivity index is 2.05. The zero-order valence-corrected chi connectivity index (χ0v) is 11.6. The molecule has 114 valence electrons. The fourth-order valence-corrected chi connectivity index (χ4v) is 1.74. The monoisotopic (exact) mass is 302 g/mol. The highest BCUT2D eigenvalue weighted by Gasteiger charge is 2.07. The zero-order chi connectivity index (χ0) is 16.1. The molecule has 0 saturated heterocycles. The molecule has 0 aliphatic rings. The number of carbonyl (C=O) groups is 1. The second kappa shape index (κ2) is 6.49. The largest absolute Gasteiger partial charge is 0.508 e. The van der Waals surface area contributed by atoms with Crippen molar-refractivity contribution in [2.45, 2.75) is 0 Å². The molecule has 2 aromatic rings. The Morgan fingerprint density at radius 2 is 1.82 bits per heavy atom. The van der Waals surface area contributed by atoms with Crippen molar-refractivity contribution in [3.8, 4) is 23.0 Å². The van der Waals surface area contributed by atoms with Gasteiger partial charge in [0.05, 0.1) is 13.3 Å². The Bertz CT molecular complexity index is 708. The molecule has 22 heavy (non-hydrogen) atoms. The summed E-state index contributed by atoms with van der Waals surface area (Å²) in [5, 5.41) is 32.0. The molecule has 0 aromatic heterocycles. The summed E-state index contributed by atoms with van der Waals surface area (Å²) >= 11 is 0. The number of hydrogen-bond donors (Lipinski definition) is 4. The van der Waals surface area contributed by atoms with E-state index in [1.165, 1.54) is 31.5 Å². The molecule has 0 bridgehead atoms. The van der Waals surface area contributed by atoms with Gasteiger partial charge in [-0.3, -0.25) is 4.79 Å². The zero-order valence-electron chi connectivity index (χ0n) is 11.6. The van der Waals surface area contributed by atoms with Crippen molar-refractivity contribution in [1.29, 1.82) is 0 Å². The molecule has 0 heterocycles. The minimum atomic E-state index is -0.597. The molecule has 0 spiro atoms. The Kier molecular flexibility index (Phi) is 4.47. The van der Waals surface area contributed by atoms with Crippen molar-refractivity contribution in [3.05, 3.63) is 47.5 Å². The number of nitrogens with zero attached hydrogens (tertiary/aromatic N) is 1. The number of amides is 1. The molecule has 7 heteroatoms. The maximum atomic E-state index is 11.8. The van der Waals surface area contributed by atoms with Crippen LogP contribution in [0.2, 0.25) is 0 Å². The highest BCUT2D eigenvalue weighted by Crippen LogP contribution is 2.25. The number of hydrazone groups is 1. The summed E-state index contributed by atoms with van der Waals surface area (Å²) in [6.45, 7) is 0. The number of carbonyl (C=O) groups excluding carboxylic acids is 1. The number of hydrogen-bond acceptors (Lipinski definition) is 6. The first kappa shape index (κ1) is 15.2. The van der Waals surface area contributed by atoms with Crippen LogP contribution >= 0.6 is 0 Å². The van der Waals surface area contributed by atoms with E-state index in [0.29, 0.717) is 11.3 Å². The summed E-state index contributed by atoms with van der Waals surface area (Å²) in [6, 6.07) is 8.14. The first-order chi connectivity index (χ1) is 10.5. The SMILES string of the molecule is COc1ccc(/C=N/NC(=O)c2cc(O)cc(O)c2)cc1O. The molecule has 0 saturated carbocycles. The van der Waals surface area contributed by atoms with Gasteiger partial charge >= 0.3 is 0 Å². The molecule has 0 fully saturated rings. The molecule has 0 aliphatic heterocycles. The number of nitrogens with one attached hydrogen (secondary N) is 1. The van der Waals surface area contributed by atoms with E-state index in [9.17, 15) is 20.1 Å². The Morgan fingerprint density at radius 1 is 1.14 bits per heavy atom. The van der Waals surface area contributed by atoms with E-state index >= 15 is 0 Å². The lowest BCUT2D eigenvalue weighted by molar-refractivity contribution is 0.0954. The minimum absolute atomic E-state index is 0.0457. The van der Waals surface area contributed by atoms with Gasteiger partial charge in [0.25, 0.3) is 5.91 Å². The van der Waals surface area contributed by atoms with Gasteiger partial charge in [0.2, 0.25) is 0 Å². The van der Waals surface area contributed by atoms with E-state index in [1.807, 2.05) is 0 Å². The second-order valence-electron chi connectivity index (χ2n) is 4.37. The second-order valence-corrected chi connectivity index (χ2v) is 4.37. The molecular weight excluding hydrogens is 288 g/mol. The van der Waals surface area contributed by atoms with E-state index in [2.05, 4.69) is 10.5 Å². The van der Waals surface area contributed by atoms with Crippen LogP contribution < -0.4 is 10.2 Å². The van der Waals surface area contributed by atoms with Gasteiger partial charge in [-0.2, -0.15) is 5.10 Å². The predicted octanol–water partition coefficient (Wildman–Crippen LogP) is 1.58. The number of benzene rings is 2. The first-order valence-electron chi connectivity index (χ1n) is 6.23. The highest BCUT2D eigenvalue weighted by molar-refractivity contribution is 5.95. The first-order valence-corrected chi connectivity index (χ1v) is 6.23. The van der Waals surface area contributed by atoms with Gasteiger partial charge in [0.15, 0.2) is 11.5 Å². The number of rotatable bonds is 4. The van der Waals surface area contributed by atoms with Crippen LogP contribution in [-0.4, -0.2) is 34.6 Å². The van der Waals surface area contributed by atoms with E-state index in [-0.39, 0.29) is 22.8 Å². The Hall–Kier alpha value is -3.22. The van der Waals surface area contributed by atoms with Gasteiger partial charge in [-0.1, -0.05) is 0 Å². The molecule has 1 amide bonds. The van der Waals surface area contributed by atoms with Gasteiger partial charge in [-0.25, -0.2) is 5.43 Å². The van der Waals surface area contributed by atoms with Gasteiger partial charge in [0.1, 0.15) is 11.5 Å². The van der Waals surface area contributed by atoms with Crippen LogP contribution in [0.5, 0.6) is 23.0 Å². The fourth-order valence-electron chi connectivity index (χ4n) is 1.74. The quantitative estimate of drug-likeness (QED) is 0.506. The summed E-state index contributed by atoms with van der Waals surface area (Å²) in [5.41, 5.74) is 2.86. The van der Waals surface area contributed by atoms with Crippen LogP contribution in [0.25, 0.3) is 0 Å². The fraction of sp³-hybridized carbons (Fsp3) is 0.0667. The van der Waals surface area contributed by atoms with Crippen molar-refractivity contribution in [2.24, 2.45) is 5.10 Å². The number of ether oxygens (including phenoxy) is 1. The number of phenols is 3. The molecule has 2 aromatic carbocycles. The third kappa shape index (κ3) is 3.66. The lowest BCUT2D eigenvalue weighted by Crippen LogP contribution is -2.17. The van der Waals surface area contributed by atoms with Gasteiger partial charge < -0.3 is 20.1 Å². The van der Waals surface area contributed by atoms with Crippen LogP contribution in [0, 0.1) is 0 Å². The minimum Gasteiger partial charge on any atom is -0.508 e. The van der Waals surface area contributed by atoms with Crippen LogP contribution in [0.1, 0.15) is 15.9 Å². The maximum absolute atomic E-state index is 11.8. The topological polar surface area (TPSA) is 111 Å². The van der Waals surface area contributed by atoms with E-state index in [0.717, 1.165) is 6.07 Å². The molecule has 0 radical (unpaired) electrons. The van der Waals surface area contributed by atoms with Gasteiger partial charge in [-0.15, -0.1) is 0 Å². The molecular formula is C15H14N2O5. The van der Waals surface area contributed by atoms with Gasteiger partial charge in [-0.05, 0) is 35.9 Å². The molecule has 4 N–H and O–H groups in total. The third-order valence-corrected chi connectivity index (χ3v) is 2.75. The molecule has 0 unspecified atom stereocenters. The van der Waals surface area contributed by atoms with Crippen molar-refractivity contribution in [2.75, 3.05) is 7.11 Å². The third-order valence-electron chi connectivity index (χ3n) is 2.75. The van der Waals surface area contributed by atoms with Crippen LogP contribution in [0.4, 0.5) is 0 Å². The number of phenolic OH excluding ortho intramolecular Hbond substituents is 3. The summed E-state index contributed by atoms with van der Waals surface area (Å²) in [7, 11) is 1.44. The Labute approximate surface area is 126 Å². The van der Waals surface area contributed by atoms with Crippen molar-refractivity contribution >= 4 is 12.1 Å². The maximum Gasteiger partial charge on any atom is 0.271 e. The summed E-state index contributed by atoms with van der Waals surface area (Å²) < 4.78 is 4.91. The van der Waals surface area contributed by atoms with Crippen LogP contribution in [0.15, 0.2) is 41.5 Å². The Morgan fingerprint density at radius 3 is 2.41 bits per heavy atom. The van der Waals surface area contributed by atoms with E-state index in [4.69, 9.17) is 4.74 Å². The summed E-state index contributed by atoms with van der Waals surface area (Å²) in [6.07, 6.45) is 1.33. The van der Waals surface area contributed by atoms with Gasteiger partial charge in [0, 0.05) is 11.6 Å². The van der Waals surface area contributed by atoms with Crippen LogP contribution in [-0.2, 0) is 0 Å². The van der Waals surface area contributed by atoms with E-state index < -0.39 is 5.91 Å². The number of methoxy groups -OCH3 is 1. The molecule has 0 aliphatic carbocycles. The lowest BCUT2D eigenvalue weighted by atomic mass is 10.2. The van der Waals surface area contributed by atoms with Crippen LogP contribution in [0.3, 0.4) is 0 Å². The summed E-state index contributed by atoms with van der Waals surface area (Å²) in [5.74, 6) is -0.768. The molecule has 0 atom stereocenters. The summed E-state index contributed by atoms with van der Waals surface area (Å²) in [4.78, 5) is 11.8. The van der Waals surface area contributed by atoms with Crippen molar-refractivity contribution in [3.63, 3.8) is 0 Å². The van der Waals surface area contributed by atoms with E-state index in [1.54, 1.807) is 12.1 Å². The normalized spacial score (nSPS) is 10.6. The molecule has 7 nitrogen and oxygen atoms in total. The molecule has 2 rings (SSSR count). The average Bonchev–Trinajstić information content (AvgIpc) is 2.46. The highest BCUT2D eigenvalue weighted by atomic mass is 16.5. The smallest absolute Gasteiger partial charge is 0.271 e. The standard InChI is InChI=1S/C15H14N2O5/c1-22-14-3-2-9(4-13(14)20)8-16-17-15(21)10-5-11(18)7-12(19)6-10/h2-8,18-20H,1H3,(H,17,21)/b16-8+. The number of aromatic hydroxyl groups is 3. The average molecular weight is 302 g/mol. The van der Waals surface area contributed by atoms with Crippen molar-refractivity contribution in [1.82, 2.24) is 5.43 Å². The predicted molar refractivity (Wildman–Crippen MR) is 79.5 cm³/mol.